The van der Waals surface area contributed by atoms with Crippen molar-refractivity contribution < 1.29 is 9.84 Å². The number of thioether (sulfide) groups is 1. The fraction of sp³-hybridized carbons (Fsp3) is 0.238. The van der Waals surface area contributed by atoms with Gasteiger partial charge in [0.05, 0.1) is 16.9 Å². The van der Waals surface area contributed by atoms with Crippen LogP contribution in [-0.2, 0) is 5.75 Å². The zero-order valence-corrected chi connectivity index (χ0v) is 16.5. The first-order valence-corrected chi connectivity index (χ1v) is 10.2. The highest BCUT2D eigenvalue weighted by molar-refractivity contribution is 7.98. The molecule has 1 N–H and O–H groups in total. The van der Waals surface area contributed by atoms with Crippen LogP contribution in [0.2, 0.25) is 0 Å². The van der Waals surface area contributed by atoms with Crippen molar-refractivity contribution in [2.24, 2.45) is 0 Å². The Kier molecular flexibility index (Phi) is 5.25. The average Bonchev–Trinajstić information content (AvgIpc) is 2.70. The molecule has 0 aliphatic heterocycles. The SMILES string of the molecule is CC(C)c1nc2ncccc2cc1OCSCc1nc2ccncc2cc1O. The molecule has 4 rings (SSSR count). The third kappa shape index (κ3) is 3.84. The van der Waals surface area contributed by atoms with E-state index in [1.54, 1.807) is 36.4 Å². The molecular weight excluding hydrogens is 372 g/mol. The number of ether oxygens (including phenoxy) is 1. The quantitative estimate of drug-likeness (QED) is 0.377. The molecule has 142 valence electrons. The molecule has 0 aliphatic rings. The van der Waals surface area contributed by atoms with Crippen LogP contribution in [0, 0.1) is 0 Å². The molecule has 4 aromatic heterocycles. The maximum Gasteiger partial charge on any atom is 0.159 e. The standard InChI is InChI=1S/C21H20N4O2S/c1-13(2)20-19(9-14-4-3-6-23-21(14)25-20)27-12-28-11-17-18(26)8-15-10-22-7-5-16(15)24-17/h3-10,13,26H,11-12H2,1-2H3. The van der Waals surface area contributed by atoms with Crippen LogP contribution < -0.4 is 4.74 Å². The summed E-state index contributed by atoms with van der Waals surface area (Å²) >= 11 is 1.55. The minimum Gasteiger partial charge on any atom is -0.506 e. The first kappa shape index (κ1) is 18.4. The maximum absolute atomic E-state index is 10.2. The fourth-order valence-electron chi connectivity index (χ4n) is 2.92. The number of nitrogens with zero attached hydrogens (tertiary/aromatic N) is 4. The second-order valence-corrected chi connectivity index (χ2v) is 7.64. The van der Waals surface area contributed by atoms with Gasteiger partial charge in [-0.05, 0) is 36.2 Å². The van der Waals surface area contributed by atoms with Gasteiger partial charge in [-0.2, -0.15) is 0 Å². The largest absolute Gasteiger partial charge is 0.506 e. The topological polar surface area (TPSA) is 81.0 Å². The lowest BCUT2D eigenvalue weighted by molar-refractivity contribution is 0.384. The van der Waals surface area contributed by atoms with Gasteiger partial charge < -0.3 is 9.84 Å². The van der Waals surface area contributed by atoms with Gasteiger partial charge >= 0.3 is 0 Å². The molecule has 0 bridgehead atoms. The molecule has 28 heavy (non-hydrogen) atoms. The lowest BCUT2D eigenvalue weighted by Crippen LogP contribution is -2.03. The van der Waals surface area contributed by atoms with Crippen molar-refractivity contribution in [2.45, 2.75) is 25.5 Å². The van der Waals surface area contributed by atoms with Gasteiger partial charge in [-0.25, -0.2) is 15.0 Å². The predicted octanol–water partition coefficient (Wildman–Crippen LogP) is 4.67. The van der Waals surface area contributed by atoms with Crippen LogP contribution in [0.4, 0.5) is 0 Å². The van der Waals surface area contributed by atoms with Gasteiger partial charge in [0, 0.05) is 35.1 Å². The molecule has 0 aromatic carbocycles. The van der Waals surface area contributed by atoms with Crippen LogP contribution in [0.15, 0.2) is 48.9 Å². The monoisotopic (exact) mass is 392 g/mol. The van der Waals surface area contributed by atoms with E-state index in [1.807, 2.05) is 24.3 Å². The van der Waals surface area contributed by atoms with Gasteiger partial charge in [0.2, 0.25) is 0 Å². The van der Waals surface area contributed by atoms with Gasteiger partial charge in [0.25, 0.3) is 0 Å². The van der Waals surface area contributed by atoms with Crippen molar-refractivity contribution in [1.29, 1.82) is 0 Å². The lowest BCUT2D eigenvalue weighted by atomic mass is 10.1. The van der Waals surface area contributed by atoms with Crippen LogP contribution in [0.5, 0.6) is 11.5 Å². The Morgan fingerprint density at radius 1 is 1.11 bits per heavy atom. The lowest BCUT2D eigenvalue weighted by Gasteiger charge is -2.14. The molecule has 0 saturated carbocycles. The van der Waals surface area contributed by atoms with Crippen molar-refractivity contribution in [3.63, 3.8) is 0 Å². The van der Waals surface area contributed by atoms with Crippen LogP contribution in [0.3, 0.4) is 0 Å². The number of aromatic hydroxyl groups is 1. The van der Waals surface area contributed by atoms with Gasteiger partial charge in [0.1, 0.15) is 17.4 Å². The van der Waals surface area contributed by atoms with Crippen LogP contribution >= 0.6 is 11.8 Å². The fourth-order valence-corrected chi connectivity index (χ4v) is 3.62. The molecular formula is C21H20N4O2S. The zero-order chi connectivity index (χ0) is 19.5. The summed E-state index contributed by atoms with van der Waals surface area (Å²) in [4.78, 5) is 17.5. The second-order valence-electron chi connectivity index (χ2n) is 6.71. The Balaban J connectivity index is 1.47. The Morgan fingerprint density at radius 2 is 2.00 bits per heavy atom. The third-order valence-electron chi connectivity index (χ3n) is 4.34. The van der Waals surface area contributed by atoms with Gasteiger partial charge in [0.15, 0.2) is 5.65 Å². The van der Waals surface area contributed by atoms with E-state index in [4.69, 9.17) is 4.74 Å². The number of aromatic nitrogens is 4. The van der Waals surface area contributed by atoms with Crippen molar-refractivity contribution in [1.82, 2.24) is 19.9 Å². The summed E-state index contributed by atoms with van der Waals surface area (Å²) in [5.41, 5.74) is 3.08. The summed E-state index contributed by atoms with van der Waals surface area (Å²) < 4.78 is 6.01. The van der Waals surface area contributed by atoms with E-state index in [0.29, 0.717) is 17.4 Å². The van der Waals surface area contributed by atoms with Crippen molar-refractivity contribution >= 4 is 33.7 Å². The molecule has 0 fully saturated rings. The zero-order valence-electron chi connectivity index (χ0n) is 15.7. The average molecular weight is 392 g/mol. The maximum atomic E-state index is 10.2. The molecule has 0 atom stereocenters. The smallest absolute Gasteiger partial charge is 0.159 e. The number of rotatable bonds is 6. The summed E-state index contributed by atoms with van der Waals surface area (Å²) in [6.07, 6.45) is 5.13. The first-order chi connectivity index (χ1) is 13.6. The molecule has 0 spiro atoms. The molecule has 0 radical (unpaired) electrons. The van der Waals surface area contributed by atoms with E-state index >= 15 is 0 Å². The number of hydrogen-bond acceptors (Lipinski definition) is 7. The summed E-state index contributed by atoms with van der Waals surface area (Å²) in [6.45, 7) is 4.17. The molecule has 7 heteroatoms. The van der Waals surface area contributed by atoms with Crippen LogP contribution in [-0.4, -0.2) is 31.0 Å². The molecule has 4 aromatic rings. The minimum absolute atomic E-state index is 0.175. The normalized spacial score (nSPS) is 11.4. The molecule has 0 unspecified atom stereocenters. The molecule has 4 heterocycles. The number of pyridine rings is 4. The second kappa shape index (κ2) is 7.98. The van der Waals surface area contributed by atoms with E-state index in [1.165, 1.54) is 0 Å². The van der Waals surface area contributed by atoms with Crippen molar-refractivity contribution in [3.05, 3.63) is 60.3 Å². The van der Waals surface area contributed by atoms with E-state index in [0.717, 1.165) is 33.4 Å². The third-order valence-corrected chi connectivity index (χ3v) is 5.10. The molecule has 0 saturated heterocycles. The highest BCUT2D eigenvalue weighted by Crippen LogP contribution is 2.30. The molecule has 0 amide bonds. The summed E-state index contributed by atoms with van der Waals surface area (Å²) in [6, 6.07) is 9.39. The Labute approximate surface area is 167 Å². The Bertz CT molecular complexity index is 1130. The number of fused-ring (bicyclic) bond motifs is 2. The number of hydrogen-bond donors (Lipinski definition) is 1. The van der Waals surface area contributed by atoms with Crippen LogP contribution in [0.25, 0.3) is 21.9 Å². The van der Waals surface area contributed by atoms with Gasteiger partial charge in [-0.1, -0.05) is 13.8 Å². The minimum atomic E-state index is 0.175. The molecule has 0 aliphatic carbocycles. The van der Waals surface area contributed by atoms with Crippen molar-refractivity contribution in [2.75, 3.05) is 5.94 Å². The highest BCUT2D eigenvalue weighted by Gasteiger charge is 2.13. The van der Waals surface area contributed by atoms with Crippen molar-refractivity contribution in [3.8, 4) is 11.5 Å². The summed E-state index contributed by atoms with van der Waals surface area (Å²) in [5, 5.41) is 12.0. The van der Waals surface area contributed by atoms with Gasteiger partial charge in [-0.15, -0.1) is 11.8 Å². The van der Waals surface area contributed by atoms with E-state index in [9.17, 15) is 5.11 Å². The first-order valence-electron chi connectivity index (χ1n) is 9.00. The summed E-state index contributed by atoms with van der Waals surface area (Å²) in [5.74, 6) is 2.15. The molecule has 6 nitrogen and oxygen atoms in total. The summed E-state index contributed by atoms with van der Waals surface area (Å²) in [7, 11) is 0. The van der Waals surface area contributed by atoms with E-state index in [-0.39, 0.29) is 11.7 Å². The Hall–Kier alpha value is -2.93. The van der Waals surface area contributed by atoms with Gasteiger partial charge in [-0.3, -0.25) is 4.98 Å². The Morgan fingerprint density at radius 3 is 2.86 bits per heavy atom. The van der Waals surface area contributed by atoms with E-state index < -0.39 is 0 Å². The van der Waals surface area contributed by atoms with Crippen LogP contribution in [0.1, 0.15) is 31.2 Å². The predicted molar refractivity (Wildman–Crippen MR) is 112 cm³/mol. The highest BCUT2D eigenvalue weighted by atomic mass is 32.2. The van der Waals surface area contributed by atoms with E-state index in [2.05, 4.69) is 33.8 Å².